The van der Waals surface area contributed by atoms with Gasteiger partial charge in [-0.15, -0.1) is 0 Å². The standard InChI is InChI=1S/C16H25N3O2/c1-3-17-12(2)13-6-4-7-14(10-13)18-16(20)19-15-8-5-9-21-11-15/h4,6-7,10,12,15,17H,3,5,8-9,11H2,1-2H3,(H2,18,19,20). The summed E-state index contributed by atoms with van der Waals surface area (Å²) in [5, 5.41) is 9.21. The predicted molar refractivity (Wildman–Crippen MR) is 84.5 cm³/mol. The Balaban J connectivity index is 1.89. The molecule has 1 fully saturated rings. The van der Waals surface area contributed by atoms with Gasteiger partial charge in [-0.05, 0) is 44.0 Å². The second-order valence-electron chi connectivity index (χ2n) is 5.42. The van der Waals surface area contributed by atoms with E-state index in [9.17, 15) is 4.79 Å². The van der Waals surface area contributed by atoms with Gasteiger partial charge in [-0.2, -0.15) is 0 Å². The van der Waals surface area contributed by atoms with Crippen LogP contribution in [0.3, 0.4) is 0 Å². The van der Waals surface area contributed by atoms with Crippen molar-refractivity contribution in [1.29, 1.82) is 0 Å². The molecule has 0 saturated carbocycles. The SMILES string of the molecule is CCNC(C)c1cccc(NC(=O)NC2CCCOC2)c1. The molecule has 1 aromatic carbocycles. The number of carbonyl (C=O) groups is 1. The van der Waals surface area contributed by atoms with Crippen LogP contribution in [0.5, 0.6) is 0 Å². The van der Waals surface area contributed by atoms with Crippen LogP contribution in [-0.4, -0.2) is 31.8 Å². The molecule has 5 nitrogen and oxygen atoms in total. The number of hydrogen-bond donors (Lipinski definition) is 3. The number of amides is 2. The maximum absolute atomic E-state index is 12.0. The Hall–Kier alpha value is -1.59. The van der Waals surface area contributed by atoms with E-state index in [0.29, 0.717) is 6.61 Å². The molecule has 2 atom stereocenters. The molecule has 1 aromatic rings. The Morgan fingerprint density at radius 1 is 1.48 bits per heavy atom. The normalized spacial score (nSPS) is 19.8. The van der Waals surface area contributed by atoms with Crippen molar-refractivity contribution in [3.63, 3.8) is 0 Å². The summed E-state index contributed by atoms with van der Waals surface area (Å²) in [4.78, 5) is 12.0. The number of hydrogen-bond acceptors (Lipinski definition) is 3. The molecule has 0 spiro atoms. The molecule has 2 unspecified atom stereocenters. The molecule has 5 heteroatoms. The van der Waals surface area contributed by atoms with Gasteiger partial charge in [-0.25, -0.2) is 4.79 Å². The molecule has 0 radical (unpaired) electrons. The van der Waals surface area contributed by atoms with Crippen LogP contribution in [0.2, 0.25) is 0 Å². The van der Waals surface area contributed by atoms with Gasteiger partial charge in [-0.1, -0.05) is 19.1 Å². The zero-order valence-electron chi connectivity index (χ0n) is 12.8. The summed E-state index contributed by atoms with van der Waals surface area (Å²) in [5.41, 5.74) is 1.97. The number of carbonyl (C=O) groups excluding carboxylic acids is 1. The van der Waals surface area contributed by atoms with Crippen LogP contribution >= 0.6 is 0 Å². The van der Waals surface area contributed by atoms with Gasteiger partial charge in [0.15, 0.2) is 0 Å². The molecule has 0 aliphatic carbocycles. The number of nitrogens with one attached hydrogen (secondary N) is 3. The van der Waals surface area contributed by atoms with Crippen molar-refractivity contribution in [2.75, 3.05) is 25.1 Å². The van der Waals surface area contributed by atoms with Crippen molar-refractivity contribution < 1.29 is 9.53 Å². The fourth-order valence-corrected chi connectivity index (χ4v) is 2.52. The topological polar surface area (TPSA) is 62.4 Å². The average molecular weight is 291 g/mol. The van der Waals surface area contributed by atoms with Gasteiger partial charge in [0, 0.05) is 18.3 Å². The van der Waals surface area contributed by atoms with Gasteiger partial charge in [0.25, 0.3) is 0 Å². The van der Waals surface area contributed by atoms with Crippen LogP contribution in [0.25, 0.3) is 0 Å². The maximum Gasteiger partial charge on any atom is 0.319 e. The highest BCUT2D eigenvalue weighted by atomic mass is 16.5. The minimum atomic E-state index is -0.168. The van der Waals surface area contributed by atoms with Crippen LogP contribution in [0.4, 0.5) is 10.5 Å². The van der Waals surface area contributed by atoms with E-state index < -0.39 is 0 Å². The van der Waals surface area contributed by atoms with Crippen LogP contribution in [0.15, 0.2) is 24.3 Å². The second-order valence-corrected chi connectivity index (χ2v) is 5.42. The van der Waals surface area contributed by atoms with Crippen LogP contribution in [0, 0.1) is 0 Å². The van der Waals surface area contributed by atoms with Crippen molar-refractivity contribution in [3.05, 3.63) is 29.8 Å². The third-order valence-electron chi connectivity index (χ3n) is 3.65. The number of anilines is 1. The van der Waals surface area contributed by atoms with Crippen molar-refractivity contribution in [2.45, 2.75) is 38.8 Å². The minimum absolute atomic E-state index is 0.114. The first kappa shape index (κ1) is 15.8. The van der Waals surface area contributed by atoms with Crippen LogP contribution < -0.4 is 16.0 Å². The van der Waals surface area contributed by atoms with Gasteiger partial charge in [0.1, 0.15) is 0 Å². The molecule has 116 valence electrons. The lowest BCUT2D eigenvalue weighted by Gasteiger charge is -2.23. The minimum Gasteiger partial charge on any atom is -0.379 e. The monoisotopic (exact) mass is 291 g/mol. The van der Waals surface area contributed by atoms with Crippen LogP contribution in [-0.2, 0) is 4.74 Å². The molecule has 1 heterocycles. The first-order valence-electron chi connectivity index (χ1n) is 7.67. The fourth-order valence-electron chi connectivity index (χ4n) is 2.52. The highest BCUT2D eigenvalue weighted by molar-refractivity contribution is 5.89. The number of ether oxygens (including phenoxy) is 1. The third-order valence-corrected chi connectivity index (χ3v) is 3.65. The van der Waals surface area contributed by atoms with Gasteiger partial charge in [0.05, 0.1) is 12.6 Å². The lowest BCUT2D eigenvalue weighted by Crippen LogP contribution is -2.42. The Kier molecular flexibility index (Phi) is 6.02. The van der Waals surface area contributed by atoms with E-state index in [2.05, 4.69) is 35.9 Å². The lowest BCUT2D eigenvalue weighted by atomic mass is 10.1. The molecule has 1 saturated heterocycles. The third kappa shape index (κ3) is 5.02. The number of urea groups is 1. The second kappa shape index (κ2) is 8.00. The molecular weight excluding hydrogens is 266 g/mol. The molecule has 1 aliphatic heterocycles. The molecular formula is C16H25N3O2. The Bertz CT molecular complexity index is 459. The predicted octanol–water partition coefficient (Wildman–Crippen LogP) is 2.66. The summed E-state index contributed by atoms with van der Waals surface area (Å²) in [6.07, 6.45) is 1.98. The van der Waals surface area contributed by atoms with Crippen molar-refractivity contribution in [3.8, 4) is 0 Å². The zero-order valence-corrected chi connectivity index (χ0v) is 12.8. The quantitative estimate of drug-likeness (QED) is 0.781. The highest BCUT2D eigenvalue weighted by Gasteiger charge is 2.16. The van der Waals surface area contributed by atoms with E-state index >= 15 is 0 Å². The lowest BCUT2D eigenvalue weighted by molar-refractivity contribution is 0.0739. The van der Waals surface area contributed by atoms with Crippen LogP contribution in [0.1, 0.15) is 38.3 Å². The summed E-state index contributed by atoms with van der Waals surface area (Å²) < 4.78 is 5.36. The summed E-state index contributed by atoms with van der Waals surface area (Å²) in [6.45, 7) is 6.51. The van der Waals surface area contributed by atoms with E-state index in [0.717, 1.165) is 37.2 Å². The summed E-state index contributed by atoms with van der Waals surface area (Å²) in [7, 11) is 0. The van der Waals surface area contributed by atoms with E-state index in [1.165, 1.54) is 0 Å². The van der Waals surface area contributed by atoms with Gasteiger partial charge >= 0.3 is 6.03 Å². The first-order chi connectivity index (χ1) is 10.2. The highest BCUT2D eigenvalue weighted by Crippen LogP contribution is 2.17. The smallest absolute Gasteiger partial charge is 0.319 e. The average Bonchev–Trinajstić information content (AvgIpc) is 2.48. The van der Waals surface area contributed by atoms with E-state index in [1.807, 2.05) is 18.2 Å². The van der Waals surface area contributed by atoms with E-state index in [1.54, 1.807) is 0 Å². The van der Waals surface area contributed by atoms with E-state index in [-0.39, 0.29) is 18.1 Å². The Morgan fingerprint density at radius 3 is 3.05 bits per heavy atom. The molecule has 21 heavy (non-hydrogen) atoms. The van der Waals surface area contributed by atoms with Crippen molar-refractivity contribution >= 4 is 11.7 Å². The van der Waals surface area contributed by atoms with Gasteiger partial charge in [0.2, 0.25) is 0 Å². The largest absolute Gasteiger partial charge is 0.379 e. The van der Waals surface area contributed by atoms with Crippen molar-refractivity contribution in [2.24, 2.45) is 0 Å². The van der Waals surface area contributed by atoms with Gasteiger partial charge in [-0.3, -0.25) is 0 Å². The van der Waals surface area contributed by atoms with Crippen molar-refractivity contribution in [1.82, 2.24) is 10.6 Å². The molecule has 3 N–H and O–H groups in total. The fraction of sp³-hybridized carbons (Fsp3) is 0.562. The Morgan fingerprint density at radius 2 is 2.33 bits per heavy atom. The summed E-state index contributed by atoms with van der Waals surface area (Å²) in [6, 6.07) is 8.14. The maximum atomic E-state index is 12.0. The van der Waals surface area contributed by atoms with E-state index in [4.69, 9.17) is 4.74 Å². The first-order valence-corrected chi connectivity index (χ1v) is 7.67. The zero-order chi connectivity index (χ0) is 15.1. The van der Waals surface area contributed by atoms with Gasteiger partial charge < -0.3 is 20.7 Å². The molecule has 2 rings (SSSR count). The number of rotatable bonds is 5. The molecule has 0 bridgehead atoms. The molecule has 2 amide bonds. The molecule has 1 aliphatic rings. The Labute approximate surface area is 126 Å². The summed E-state index contributed by atoms with van der Waals surface area (Å²) in [5.74, 6) is 0. The number of benzene rings is 1. The molecule has 0 aromatic heterocycles. The summed E-state index contributed by atoms with van der Waals surface area (Å²) >= 11 is 0.